The van der Waals surface area contributed by atoms with Crippen LogP contribution in [0, 0.1) is 11.8 Å². The number of hydrogen-bond donors (Lipinski definition) is 2. The third-order valence-corrected chi connectivity index (χ3v) is 5.02. The Bertz CT molecular complexity index is 1240. The van der Waals surface area contributed by atoms with Crippen molar-refractivity contribution >= 4 is 28.6 Å². The van der Waals surface area contributed by atoms with Crippen LogP contribution in [0.3, 0.4) is 0 Å². The van der Waals surface area contributed by atoms with Gasteiger partial charge in [-0.15, -0.1) is 0 Å². The lowest BCUT2D eigenvalue weighted by Crippen LogP contribution is -2.37. The van der Waals surface area contributed by atoms with Gasteiger partial charge in [-0.25, -0.2) is 14.5 Å². The summed E-state index contributed by atoms with van der Waals surface area (Å²) in [6.07, 6.45) is 1.78. The number of ether oxygens (including phenoxy) is 1. The number of esters is 1. The average molecular weight is 405 g/mol. The van der Waals surface area contributed by atoms with Gasteiger partial charge in [-0.05, 0) is 24.3 Å². The van der Waals surface area contributed by atoms with Gasteiger partial charge in [0.15, 0.2) is 5.69 Å². The number of likely N-dealkylation sites (N-methyl/N-ethyl adjacent to an activating group) is 1. The summed E-state index contributed by atoms with van der Waals surface area (Å²) in [5.41, 5.74) is 6.13. The monoisotopic (exact) mass is 405 g/mol. The molecule has 0 radical (unpaired) electrons. The molecule has 1 saturated heterocycles. The van der Waals surface area contributed by atoms with Gasteiger partial charge in [0.1, 0.15) is 5.82 Å². The standard InChI is InChI=1S/C21H19N5O4/c1-25-11-9-21(29,20(25)28)8-6-13-4-3-5-14(12-13)26-15-7-10-23-18(22)16(15)17(24-26)19(27)30-2/h3-5,7,10,12,29H,9,11H2,1-2H3,(H2,22,23). The van der Waals surface area contributed by atoms with Crippen molar-refractivity contribution < 1.29 is 19.4 Å². The molecule has 1 fully saturated rings. The lowest BCUT2D eigenvalue weighted by molar-refractivity contribution is -0.137. The fraction of sp³-hybridized carbons (Fsp3) is 0.238. The van der Waals surface area contributed by atoms with Crippen molar-refractivity contribution in [3.8, 4) is 17.5 Å². The molecule has 3 heterocycles. The highest BCUT2D eigenvalue weighted by molar-refractivity contribution is 6.06. The van der Waals surface area contributed by atoms with E-state index in [-0.39, 0.29) is 17.9 Å². The Morgan fingerprint density at radius 1 is 1.37 bits per heavy atom. The number of amides is 1. The first-order chi connectivity index (χ1) is 14.3. The molecule has 2 aromatic heterocycles. The van der Waals surface area contributed by atoms with Gasteiger partial charge in [0, 0.05) is 31.8 Å². The van der Waals surface area contributed by atoms with Crippen molar-refractivity contribution in [3.05, 3.63) is 47.8 Å². The smallest absolute Gasteiger partial charge is 0.359 e. The van der Waals surface area contributed by atoms with Crippen LogP contribution in [0.5, 0.6) is 0 Å². The lowest BCUT2D eigenvalue weighted by atomic mass is 10.0. The fourth-order valence-electron chi connectivity index (χ4n) is 3.39. The number of carbonyl (C=O) groups is 2. The quantitative estimate of drug-likeness (QED) is 0.476. The Morgan fingerprint density at radius 3 is 2.87 bits per heavy atom. The topological polar surface area (TPSA) is 124 Å². The summed E-state index contributed by atoms with van der Waals surface area (Å²) in [4.78, 5) is 29.8. The predicted octanol–water partition coefficient (Wildman–Crippen LogP) is 0.734. The summed E-state index contributed by atoms with van der Waals surface area (Å²) in [5.74, 6) is 4.70. The second-order valence-electron chi connectivity index (χ2n) is 6.98. The second-order valence-corrected chi connectivity index (χ2v) is 6.98. The Morgan fingerprint density at radius 2 is 2.17 bits per heavy atom. The van der Waals surface area contributed by atoms with Crippen LogP contribution >= 0.6 is 0 Å². The number of methoxy groups -OCH3 is 1. The lowest BCUT2D eigenvalue weighted by Gasteiger charge is -2.13. The first kappa shape index (κ1) is 19.4. The van der Waals surface area contributed by atoms with Crippen molar-refractivity contribution in [2.75, 3.05) is 26.4 Å². The minimum absolute atomic E-state index is 0.0588. The summed E-state index contributed by atoms with van der Waals surface area (Å²) in [6, 6.07) is 8.75. The van der Waals surface area contributed by atoms with Gasteiger partial charge in [-0.2, -0.15) is 5.10 Å². The highest BCUT2D eigenvalue weighted by atomic mass is 16.5. The predicted molar refractivity (Wildman–Crippen MR) is 109 cm³/mol. The molecule has 1 aromatic carbocycles. The van der Waals surface area contributed by atoms with E-state index in [4.69, 9.17) is 10.5 Å². The van der Waals surface area contributed by atoms with Gasteiger partial charge in [-0.1, -0.05) is 17.9 Å². The van der Waals surface area contributed by atoms with Crippen LogP contribution < -0.4 is 5.73 Å². The minimum atomic E-state index is -1.68. The van der Waals surface area contributed by atoms with Gasteiger partial charge >= 0.3 is 5.97 Å². The van der Waals surface area contributed by atoms with E-state index in [1.807, 2.05) is 0 Å². The first-order valence-corrected chi connectivity index (χ1v) is 9.17. The molecule has 1 unspecified atom stereocenters. The molecular weight excluding hydrogens is 386 g/mol. The van der Waals surface area contributed by atoms with Crippen LogP contribution in [-0.2, 0) is 9.53 Å². The van der Waals surface area contributed by atoms with Crippen LogP contribution in [0.1, 0.15) is 22.5 Å². The van der Waals surface area contributed by atoms with E-state index in [0.717, 1.165) is 0 Å². The maximum absolute atomic E-state index is 12.2. The van der Waals surface area contributed by atoms with E-state index in [9.17, 15) is 14.7 Å². The first-order valence-electron chi connectivity index (χ1n) is 9.17. The molecule has 1 atom stereocenters. The van der Waals surface area contributed by atoms with Crippen molar-refractivity contribution in [3.63, 3.8) is 0 Å². The molecule has 3 aromatic rings. The van der Waals surface area contributed by atoms with Crippen molar-refractivity contribution in [1.29, 1.82) is 0 Å². The number of aromatic nitrogens is 3. The molecule has 0 saturated carbocycles. The van der Waals surface area contributed by atoms with Crippen molar-refractivity contribution in [1.82, 2.24) is 19.7 Å². The Kier molecular flexibility index (Phi) is 4.64. The van der Waals surface area contributed by atoms with E-state index in [1.165, 1.54) is 18.2 Å². The Hall–Kier alpha value is -3.90. The molecule has 152 valence electrons. The number of likely N-dealkylation sites (tertiary alicyclic amines) is 1. The SMILES string of the molecule is COC(=O)c1nn(-c2cccc(C#CC3(O)CCN(C)C3=O)c2)c2ccnc(N)c12. The zero-order valence-electron chi connectivity index (χ0n) is 16.4. The largest absolute Gasteiger partial charge is 0.464 e. The summed E-state index contributed by atoms with van der Waals surface area (Å²) in [6.45, 7) is 0.453. The summed E-state index contributed by atoms with van der Waals surface area (Å²) in [7, 11) is 2.90. The molecule has 0 aliphatic carbocycles. The highest BCUT2D eigenvalue weighted by Gasteiger charge is 2.42. The van der Waals surface area contributed by atoms with Crippen LogP contribution in [-0.4, -0.2) is 63.0 Å². The minimum Gasteiger partial charge on any atom is -0.464 e. The maximum Gasteiger partial charge on any atom is 0.359 e. The number of hydrogen-bond acceptors (Lipinski definition) is 7. The van der Waals surface area contributed by atoms with E-state index in [0.29, 0.717) is 28.7 Å². The van der Waals surface area contributed by atoms with E-state index in [2.05, 4.69) is 21.9 Å². The number of benzene rings is 1. The van der Waals surface area contributed by atoms with E-state index in [1.54, 1.807) is 42.1 Å². The molecule has 30 heavy (non-hydrogen) atoms. The number of nitrogen functional groups attached to an aromatic ring is 1. The zero-order valence-corrected chi connectivity index (χ0v) is 16.4. The summed E-state index contributed by atoms with van der Waals surface area (Å²) in [5, 5.41) is 15.3. The molecule has 3 N–H and O–H groups in total. The molecule has 9 nitrogen and oxygen atoms in total. The molecule has 1 aliphatic rings. The Balaban J connectivity index is 1.79. The summed E-state index contributed by atoms with van der Waals surface area (Å²) < 4.78 is 6.36. The van der Waals surface area contributed by atoms with E-state index >= 15 is 0 Å². The van der Waals surface area contributed by atoms with E-state index < -0.39 is 17.5 Å². The van der Waals surface area contributed by atoms with Gasteiger partial charge in [0.25, 0.3) is 5.91 Å². The van der Waals surface area contributed by atoms with Crippen molar-refractivity contribution in [2.24, 2.45) is 0 Å². The van der Waals surface area contributed by atoms with Gasteiger partial charge < -0.3 is 20.5 Å². The molecule has 0 bridgehead atoms. The van der Waals surface area contributed by atoms with Crippen LogP contribution in [0.25, 0.3) is 16.6 Å². The van der Waals surface area contributed by atoms with Gasteiger partial charge in [-0.3, -0.25) is 4.79 Å². The van der Waals surface area contributed by atoms with Gasteiger partial charge in [0.05, 0.1) is 23.7 Å². The fourth-order valence-corrected chi connectivity index (χ4v) is 3.39. The van der Waals surface area contributed by atoms with Crippen molar-refractivity contribution in [2.45, 2.75) is 12.0 Å². The van der Waals surface area contributed by atoms with Crippen LogP contribution in [0.4, 0.5) is 5.82 Å². The Labute approximate surface area is 172 Å². The third-order valence-electron chi connectivity index (χ3n) is 5.02. The third kappa shape index (κ3) is 3.13. The number of fused-ring (bicyclic) bond motifs is 1. The normalized spacial score (nSPS) is 18.4. The zero-order chi connectivity index (χ0) is 21.5. The number of aliphatic hydroxyl groups is 1. The van der Waals surface area contributed by atoms with Crippen LogP contribution in [0.15, 0.2) is 36.5 Å². The second kappa shape index (κ2) is 7.17. The molecule has 4 rings (SSSR count). The number of carbonyl (C=O) groups excluding carboxylic acids is 2. The van der Waals surface area contributed by atoms with Crippen LogP contribution in [0.2, 0.25) is 0 Å². The molecule has 0 spiro atoms. The number of pyridine rings is 1. The number of nitrogens with two attached hydrogens (primary N) is 1. The van der Waals surface area contributed by atoms with Gasteiger partial charge in [0.2, 0.25) is 5.60 Å². The number of anilines is 1. The summed E-state index contributed by atoms with van der Waals surface area (Å²) >= 11 is 0. The highest BCUT2D eigenvalue weighted by Crippen LogP contribution is 2.27. The molecular formula is C21H19N5O4. The average Bonchev–Trinajstić information content (AvgIpc) is 3.27. The number of rotatable bonds is 2. The number of nitrogens with zero attached hydrogens (tertiary/aromatic N) is 4. The maximum atomic E-state index is 12.2. The molecule has 9 heteroatoms. The molecule has 1 aliphatic heterocycles. The molecule has 1 amide bonds.